The van der Waals surface area contributed by atoms with E-state index in [0.717, 1.165) is 5.56 Å². The van der Waals surface area contributed by atoms with Crippen LogP contribution < -0.4 is 5.32 Å². The second-order valence-electron chi connectivity index (χ2n) is 3.42. The summed E-state index contributed by atoms with van der Waals surface area (Å²) in [7, 11) is 1.84. The van der Waals surface area contributed by atoms with Gasteiger partial charge in [-0.05, 0) is 12.1 Å². The van der Waals surface area contributed by atoms with Crippen LogP contribution >= 0.6 is 0 Å². The third-order valence-corrected chi connectivity index (χ3v) is 2.11. The lowest BCUT2D eigenvalue weighted by Crippen LogP contribution is -2.23. The van der Waals surface area contributed by atoms with Crippen molar-refractivity contribution in [2.45, 2.75) is 6.54 Å². The van der Waals surface area contributed by atoms with Crippen molar-refractivity contribution in [2.24, 2.45) is 7.05 Å². The Morgan fingerprint density at radius 2 is 2.38 bits per heavy atom. The highest BCUT2D eigenvalue weighted by Crippen LogP contribution is 1.97. The molecule has 5 nitrogen and oxygen atoms in total. The molecule has 2 heterocycles. The van der Waals surface area contributed by atoms with Gasteiger partial charge in [0.15, 0.2) is 0 Å². The van der Waals surface area contributed by atoms with Crippen LogP contribution in [0.3, 0.4) is 0 Å². The van der Waals surface area contributed by atoms with E-state index in [2.05, 4.69) is 15.4 Å². The molecule has 0 saturated carbocycles. The molecule has 0 unspecified atom stereocenters. The van der Waals surface area contributed by atoms with Gasteiger partial charge in [-0.25, -0.2) is 0 Å². The molecule has 82 valence electrons. The SMILES string of the molecule is Cn1cc(CNC(=O)c2ccccn2)cn1. The van der Waals surface area contributed by atoms with Gasteiger partial charge in [0.25, 0.3) is 5.91 Å². The summed E-state index contributed by atoms with van der Waals surface area (Å²) < 4.78 is 1.70. The van der Waals surface area contributed by atoms with Gasteiger partial charge >= 0.3 is 0 Å². The fourth-order valence-corrected chi connectivity index (χ4v) is 1.33. The van der Waals surface area contributed by atoms with E-state index in [4.69, 9.17) is 0 Å². The van der Waals surface area contributed by atoms with Crippen molar-refractivity contribution >= 4 is 5.91 Å². The van der Waals surface area contributed by atoms with Crippen LogP contribution in [0.4, 0.5) is 0 Å². The molecular formula is C11H12N4O. The monoisotopic (exact) mass is 216 g/mol. The van der Waals surface area contributed by atoms with E-state index in [1.54, 1.807) is 35.3 Å². The van der Waals surface area contributed by atoms with Gasteiger partial charge in [0, 0.05) is 31.5 Å². The second-order valence-corrected chi connectivity index (χ2v) is 3.42. The van der Waals surface area contributed by atoms with Crippen LogP contribution in [0.2, 0.25) is 0 Å². The number of carbonyl (C=O) groups is 1. The molecule has 2 aromatic heterocycles. The number of hydrogen-bond donors (Lipinski definition) is 1. The number of pyridine rings is 1. The first-order chi connectivity index (χ1) is 7.75. The summed E-state index contributed by atoms with van der Waals surface area (Å²) in [5.41, 5.74) is 1.39. The lowest BCUT2D eigenvalue weighted by molar-refractivity contribution is 0.0946. The largest absolute Gasteiger partial charge is 0.347 e. The number of aromatic nitrogens is 3. The third kappa shape index (κ3) is 2.44. The summed E-state index contributed by atoms with van der Waals surface area (Å²) in [6.45, 7) is 0.462. The highest BCUT2D eigenvalue weighted by Gasteiger charge is 2.05. The summed E-state index contributed by atoms with van der Waals surface area (Å²) in [6, 6.07) is 5.24. The van der Waals surface area contributed by atoms with Crippen molar-refractivity contribution in [1.29, 1.82) is 0 Å². The molecule has 0 fully saturated rings. The van der Waals surface area contributed by atoms with Gasteiger partial charge in [-0.15, -0.1) is 0 Å². The Labute approximate surface area is 93.1 Å². The molecule has 0 aliphatic heterocycles. The first-order valence-corrected chi connectivity index (χ1v) is 4.92. The van der Waals surface area contributed by atoms with Gasteiger partial charge < -0.3 is 5.32 Å². The Bertz CT molecular complexity index is 478. The predicted molar refractivity (Wildman–Crippen MR) is 58.6 cm³/mol. The van der Waals surface area contributed by atoms with Crippen molar-refractivity contribution in [3.8, 4) is 0 Å². The maximum atomic E-state index is 11.6. The van der Waals surface area contributed by atoms with E-state index in [-0.39, 0.29) is 5.91 Å². The predicted octanol–water partition coefficient (Wildman–Crippen LogP) is 0.745. The zero-order chi connectivity index (χ0) is 11.4. The quantitative estimate of drug-likeness (QED) is 0.823. The summed E-state index contributed by atoms with van der Waals surface area (Å²) in [6.07, 6.45) is 5.18. The Balaban J connectivity index is 1.94. The number of amides is 1. The summed E-state index contributed by atoms with van der Waals surface area (Å²) in [5, 5.41) is 6.79. The Kier molecular flexibility index (Phi) is 2.95. The van der Waals surface area contributed by atoms with E-state index < -0.39 is 0 Å². The molecule has 16 heavy (non-hydrogen) atoms. The third-order valence-electron chi connectivity index (χ3n) is 2.11. The maximum absolute atomic E-state index is 11.6. The van der Waals surface area contributed by atoms with E-state index in [0.29, 0.717) is 12.2 Å². The van der Waals surface area contributed by atoms with Crippen LogP contribution in [0.15, 0.2) is 36.8 Å². The summed E-state index contributed by atoms with van der Waals surface area (Å²) in [5.74, 6) is -0.176. The highest BCUT2D eigenvalue weighted by molar-refractivity contribution is 5.92. The first-order valence-electron chi connectivity index (χ1n) is 4.92. The van der Waals surface area contributed by atoms with Crippen molar-refractivity contribution < 1.29 is 4.79 Å². The van der Waals surface area contributed by atoms with Crippen molar-refractivity contribution in [2.75, 3.05) is 0 Å². The minimum absolute atomic E-state index is 0.176. The number of nitrogens with one attached hydrogen (secondary N) is 1. The zero-order valence-electron chi connectivity index (χ0n) is 8.92. The van der Waals surface area contributed by atoms with Crippen LogP contribution in [-0.2, 0) is 13.6 Å². The number of aryl methyl sites for hydroxylation is 1. The van der Waals surface area contributed by atoms with E-state index >= 15 is 0 Å². The van der Waals surface area contributed by atoms with Crippen LogP contribution in [0, 0.1) is 0 Å². The summed E-state index contributed by atoms with van der Waals surface area (Å²) >= 11 is 0. The van der Waals surface area contributed by atoms with Gasteiger partial charge in [0.05, 0.1) is 6.20 Å². The summed E-state index contributed by atoms with van der Waals surface area (Å²) in [4.78, 5) is 15.6. The van der Waals surface area contributed by atoms with Crippen LogP contribution in [0.5, 0.6) is 0 Å². The molecule has 0 spiro atoms. The molecule has 0 bridgehead atoms. The molecule has 2 aromatic rings. The highest BCUT2D eigenvalue weighted by atomic mass is 16.1. The minimum atomic E-state index is -0.176. The average molecular weight is 216 g/mol. The number of rotatable bonds is 3. The molecule has 0 saturated heterocycles. The number of hydrogen-bond acceptors (Lipinski definition) is 3. The number of carbonyl (C=O) groups excluding carboxylic acids is 1. The van der Waals surface area contributed by atoms with Crippen LogP contribution in [0.25, 0.3) is 0 Å². The van der Waals surface area contributed by atoms with Crippen molar-refractivity contribution in [1.82, 2.24) is 20.1 Å². The first kappa shape index (κ1) is 10.4. The molecule has 1 N–H and O–H groups in total. The van der Waals surface area contributed by atoms with Gasteiger partial charge in [0.2, 0.25) is 0 Å². The fourth-order valence-electron chi connectivity index (χ4n) is 1.33. The number of nitrogens with zero attached hydrogens (tertiary/aromatic N) is 3. The lowest BCUT2D eigenvalue weighted by Gasteiger charge is -2.01. The molecule has 0 aliphatic carbocycles. The van der Waals surface area contributed by atoms with Crippen molar-refractivity contribution in [3.05, 3.63) is 48.0 Å². The molecule has 1 amide bonds. The van der Waals surface area contributed by atoms with E-state index in [9.17, 15) is 4.79 Å². The maximum Gasteiger partial charge on any atom is 0.270 e. The molecule has 2 rings (SSSR count). The van der Waals surface area contributed by atoms with Crippen molar-refractivity contribution in [3.63, 3.8) is 0 Å². The smallest absolute Gasteiger partial charge is 0.270 e. The van der Waals surface area contributed by atoms with Crippen LogP contribution in [-0.4, -0.2) is 20.7 Å². The molecular weight excluding hydrogens is 204 g/mol. The van der Waals surface area contributed by atoms with E-state index in [1.165, 1.54) is 0 Å². The normalized spacial score (nSPS) is 10.1. The molecule has 0 aromatic carbocycles. The molecule has 0 radical (unpaired) electrons. The standard InChI is InChI=1S/C11H12N4O/c1-15-8-9(7-14-15)6-13-11(16)10-4-2-3-5-12-10/h2-5,7-8H,6H2,1H3,(H,13,16). The topological polar surface area (TPSA) is 59.8 Å². The van der Waals surface area contributed by atoms with Gasteiger partial charge in [-0.2, -0.15) is 5.10 Å². The average Bonchev–Trinajstić information content (AvgIpc) is 2.73. The van der Waals surface area contributed by atoms with Gasteiger partial charge in [-0.1, -0.05) is 6.07 Å². The fraction of sp³-hybridized carbons (Fsp3) is 0.182. The Morgan fingerprint density at radius 3 is 3.00 bits per heavy atom. The molecule has 0 aliphatic rings. The van der Waals surface area contributed by atoms with Gasteiger partial charge in [-0.3, -0.25) is 14.5 Å². The zero-order valence-corrected chi connectivity index (χ0v) is 8.92. The second kappa shape index (κ2) is 4.57. The minimum Gasteiger partial charge on any atom is -0.347 e. The van der Waals surface area contributed by atoms with Gasteiger partial charge in [0.1, 0.15) is 5.69 Å². The van der Waals surface area contributed by atoms with E-state index in [1.807, 2.05) is 13.2 Å². The van der Waals surface area contributed by atoms with Crippen LogP contribution in [0.1, 0.15) is 16.1 Å². The molecule has 0 atom stereocenters. The Morgan fingerprint density at radius 1 is 1.50 bits per heavy atom. The lowest BCUT2D eigenvalue weighted by atomic mass is 10.3. The Hall–Kier alpha value is -2.17. The molecule has 5 heteroatoms.